The van der Waals surface area contributed by atoms with Gasteiger partial charge in [-0.05, 0) is 29.8 Å². The third-order valence-electron chi connectivity index (χ3n) is 2.51. The fourth-order valence-electron chi connectivity index (χ4n) is 1.54. The van der Waals surface area contributed by atoms with Crippen molar-refractivity contribution in [3.63, 3.8) is 0 Å². The van der Waals surface area contributed by atoms with Crippen molar-refractivity contribution in [1.82, 2.24) is 5.32 Å². The van der Waals surface area contributed by atoms with Gasteiger partial charge < -0.3 is 10.4 Å². The van der Waals surface area contributed by atoms with Gasteiger partial charge in [0.2, 0.25) is 0 Å². The van der Waals surface area contributed by atoms with Gasteiger partial charge in [-0.3, -0.25) is 4.79 Å². The molecule has 3 nitrogen and oxygen atoms in total. The Hall–Kier alpha value is -2.36. The molecule has 2 rings (SSSR count). The number of hydrogen-bond donors (Lipinski definition) is 2. The number of benzene rings is 2. The summed E-state index contributed by atoms with van der Waals surface area (Å²) in [5.41, 5.74) is 0.855. The van der Waals surface area contributed by atoms with E-state index in [1.807, 2.05) is 0 Å². The molecular formula is C14H12FNO2. The minimum absolute atomic E-state index is 0.0243. The van der Waals surface area contributed by atoms with E-state index in [0.717, 1.165) is 5.56 Å². The number of carbonyl (C=O) groups excluding carboxylic acids is 1. The van der Waals surface area contributed by atoms with Crippen LogP contribution in [0.5, 0.6) is 5.75 Å². The maximum atomic E-state index is 13.3. The molecule has 2 aromatic carbocycles. The van der Waals surface area contributed by atoms with Crippen LogP contribution in [0, 0.1) is 5.82 Å². The summed E-state index contributed by atoms with van der Waals surface area (Å²) in [7, 11) is 0. The fraction of sp³-hybridized carbons (Fsp3) is 0.0714. The average molecular weight is 245 g/mol. The number of aromatic hydroxyl groups is 1. The quantitative estimate of drug-likeness (QED) is 0.872. The highest BCUT2D eigenvalue weighted by molar-refractivity contribution is 5.94. The van der Waals surface area contributed by atoms with Gasteiger partial charge in [0.15, 0.2) is 0 Å². The highest BCUT2D eigenvalue weighted by atomic mass is 19.1. The van der Waals surface area contributed by atoms with Gasteiger partial charge in [0, 0.05) is 6.54 Å². The van der Waals surface area contributed by atoms with Crippen LogP contribution in [0.4, 0.5) is 4.39 Å². The van der Waals surface area contributed by atoms with Crippen molar-refractivity contribution in [2.24, 2.45) is 0 Å². The fourth-order valence-corrected chi connectivity index (χ4v) is 1.54. The first-order valence-electron chi connectivity index (χ1n) is 5.47. The van der Waals surface area contributed by atoms with Gasteiger partial charge in [0.25, 0.3) is 5.91 Å². The zero-order valence-corrected chi connectivity index (χ0v) is 9.56. The molecule has 0 heterocycles. The van der Waals surface area contributed by atoms with E-state index in [9.17, 15) is 9.18 Å². The summed E-state index contributed by atoms with van der Waals surface area (Å²) in [6, 6.07) is 12.3. The Labute approximate surface area is 104 Å². The molecule has 0 aromatic heterocycles. The zero-order chi connectivity index (χ0) is 13.0. The third kappa shape index (κ3) is 2.85. The average Bonchev–Trinajstić information content (AvgIpc) is 2.38. The molecule has 0 bridgehead atoms. The molecule has 0 saturated carbocycles. The molecule has 0 aliphatic heterocycles. The zero-order valence-electron chi connectivity index (χ0n) is 9.56. The normalized spacial score (nSPS) is 10.1. The Kier molecular flexibility index (Phi) is 3.57. The van der Waals surface area contributed by atoms with Crippen molar-refractivity contribution in [2.45, 2.75) is 6.54 Å². The number of halogens is 1. The molecular weight excluding hydrogens is 233 g/mol. The van der Waals surface area contributed by atoms with E-state index in [2.05, 4.69) is 5.32 Å². The second kappa shape index (κ2) is 5.31. The molecule has 92 valence electrons. The molecule has 0 fully saturated rings. The third-order valence-corrected chi connectivity index (χ3v) is 2.51. The van der Waals surface area contributed by atoms with Gasteiger partial charge in [-0.25, -0.2) is 4.39 Å². The molecule has 4 heteroatoms. The molecule has 0 spiro atoms. The molecule has 0 aliphatic carbocycles. The molecule has 18 heavy (non-hydrogen) atoms. The Bertz CT molecular complexity index is 552. The van der Waals surface area contributed by atoms with E-state index < -0.39 is 11.7 Å². The van der Waals surface area contributed by atoms with Crippen LogP contribution in [0.3, 0.4) is 0 Å². The van der Waals surface area contributed by atoms with Gasteiger partial charge in [0.1, 0.15) is 11.6 Å². The Morgan fingerprint density at radius 1 is 1.11 bits per heavy atom. The van der Waals surface area contributed by atoms with Crippen LogP contribution in [0.1, 0.15) is 15.9 Å². The van der Waals surface area contributed by atoms with Crippen LogP contribution >= 0.6 is 0 Å². The van der Waals surface area contributed by atoms with Crippen LogP contribution < -0.4 is 5.32 Å². The van der Waals surface area contributed by atoms with Crippen LogP contribution in [0.2, 0.25) is 0 Å². The number of carbonyl (C=O) groups is 1. The largest absolute Gasteiger partial charge is 0.508 e. The first-order valence-corrected chi connectivity index (χ1v) is 5.47. The van der Waals surface area contributed by atoms with Crippen molar-refractivity contribution in [1.29, 1.82) is 0 Å². The van der Waals surface area contributed by atoms with E-state index in [1.54, 1.807) is 18.2 Å². The van der Waals surface area contributed by atoms with Gasteiger partial charge >= 0.3 is 0 Å². The van der Waals surface area contributed by atoms with E-state index >= 15 is 0 Å². The van der Waals surface area contributed by atoms with Gasteiger partial charge in [0.05, 0.1) is 5.56 Å². The summed E-state index contributed by atoms with van der Waals surface area (Å²) in [5, 5.41) is 11.7. The Morgan fingerprint density at radius 2 is 1.78 bits per heavy atom. The summed E-state index contributed by atoms with van der Waals surface area (Å²) in [5.74, 6) is -0.832. The molecule has 0 atom stereocenters. The molecule has 0 aliphatic rings. The highest BCUT2D eigenvalue weighted by Crippen LogP contribution is 2.10. The number of phenols is 1. The smallest absolute Gasteiger partial charge is 0.254 e. The van der Waals surface area contributed by atoms with Crippen LogP contribution in [0.25, 0.3) is 0 Å². The SMILES string of the molecule is O=C(NCc1ccc(O)cc1)c1ccccc1F. The van der Waals surface area contributed by atoms with Crippen molar-refractivity contribution in [3.8, 4) is 5.75 Å². The monoisotopic (exact) mass is 245 g/mol. The number of nitrogens with one attached hydrogen (secondary N) is 1. The number of rotatable bonds is 3. The van der Waals surface area contributed by atoms with Gasteiger partial charge in [-0.15, -0.1) is 0 Å². The maximum absolute atomic E-state index is 13.3. The second-order valence-electron chi connectivity index (χ2n) is 3.83. The van der Waals surface area contributed by atoms with Gasteiger partial charge in [-0.1, -0.05) is 24.3 Å². The Balaban J connectivity index is 2.01. The molecule has 1 amide bonds. The first kappa shape index (κ1) is 12.1. The highest BCUT2D eigenvalue weighted by Gasteiger charge is 2.09. The number of amides is 1. The lowest BCUT2D eigenvalue weighted by Crippen LogP contribution is -2.23. The lowest BCUT2D eigenvalue weighted by Gasteiger charge is -2.06. The molecule has 2 N–H and O–H groups in total. The van der Waals surface area contributed by atoms with Crippen molar-refractivity contribution in [3.05, 3.63) is 65.5 Å². The minimum atomic E-state index is -0.541. The van der Waals surface area contributed by atoms with Crippen molar-refractivity contribution >= 4 is 5.91 Å². The van der Waals surface area contributed by atoms with E-state index in [1.165, 1.54) is 30.3 Å². The lowest BCUT2D eigenvalue weighted by molar-refractivity contribution is 0.0947. The minimum Gasteiger partial charge on any atom is -0.508 e. The second-order valence-corrected chi connectivity index (χ2v) is 3.83. The number of phenolic OH excluding ortho intramolecular Hbond substituents is 1. The van der Waals surface area contributed by atoms with E-state index in [4.69, 9.17) is 5.11 Å². The van der Waals surface area contributed by atoms with Crippen LogP contribution in [-0.4, -0.2) is 11.0 Å². The molecule has 0 saturated heterocycles. The lowest BCUT2D eigenvalue weighted by atomic mass is 10.2. The van der Waals surface area contributed by atoms with Crippen molar-refractivity contribution in [2.75, 3.05) is 0 Å². The summed E-state index contributed by atoms with van der Waals surface area (Å²) >= 11 is 0. The summed E-state index contributed by atoms with van der Waals surface area (Å²) in [4.78, 5) is 11.7. The summed E-state index contributed by atoms with van der Waals surface area (Å²) in [6.45, 7) is 0.285. The predicted octanol–water partition coefficient (Wildman–Crippen LogP) is 2.46. The first-order chi connectivity index (χ1) is 8.66. The van der Waals surface area contributed by atoms with Crippen LogP contribution in [-0.2, 0) is 6.54 Å². The molecule has 2 aromatic rings. The van der Waals surface area contributed by atoms with Crippen molar-refractivity contribution < 1.29 is 14.3 Å². The predicted molar refractivity (Wildman–Crippen MR) is 65.7 cm³/mol. The van der Waals surface area contributed by atoms with Gasteiger partial charge in [-0.2, -0.15) is 0 Å². The maximum Gasteiger partial charge on any atom is 0.254 e. The number of hydrogen-bond acceptors (Lipinski definition) is 2. The standard InChI is InChI=1S/C14H12FNO2/c15-13-4-2-1-3-12(13)14(18)16-9-10-5-7-11(17)8-6-10/h1-8,17H,9H2,(H,16,18). The molecule has 0 unspecified atom stereocenters. The van der Waals surface area contributed by atoms with Crippen LogP contribution in [0.15, 0.2) is 48.5 Å². The summed E-state index contributed by atoms with van der Waals surface area (Å²) in [6.07, 6.45) is 0. The Morgan fingerprint density at radius 3 is 2.44 bits per heavy atom. The molecule has 0 radical (unpaired) electrons. The summed E-state index contributed by atoms with van der Waals surface area (Å²) < 4.78 is 13.3. The van der Waals surface area contributed by atoms with E-state index in [-0.39, 0.29) is 17.9 Å². The van der Waals surface area contributed by atoms with E-state index in [0.29, 0.717) is 0 Å². The topological polar surface area (TPSA) is 49.3 Å².